The third-order valence-corrected chi connectivity index (χ3v) is 4.52. The van der Waals surface area contributed by atoms with Gasteiger partial charge in [0.1, 0.15) is 5.75 Å². The topological polar surface area (TPSA) is 41.5 Å². The number of nitrogens with one attached hydrogen (secondary N) is 1. The van der Waals surface area contributed by atoms with Crippen LogP contribution in [0.5, 0.6) is 5.75 Å². The van der Waals surface area contributed by atoms with Crippen LogP contribution in [0.2, 0.25) is 0 Å². The van der Waals surface area contributed by atoms with Crippen molar-refractivity contribution in [1.29, 1.82) is 0 Å². The lowest BCUT2D eigenvalue weighted by molar-refractivity contribution is 0.130. The van der Waals surface area contributed by atoms with E-state index in [1.807, 2.05) is 0 Å². The largest absolute Gasteiger partial charge is 0.493 e. The molecule has 1 aromatic rings. The minimum absolute atomic E-state index is 0.104. The summed E-state index contributed by atoms with van der Waals surface area (Å²) < 4.78 is 5.54. The Balaban J connectivity index is 1.59. The number of aliphatic hydroxyl groups is 1. The SMILES string of the molecule is CC(NCC1CCCC1O)c1ccc2c(c1)CCO2. The van der Waals surface area contributed by atoms with Crippen LogP contribution in [-0.4, -0.2) is 24.4 Å². The van der Waals surface area contributed by atoms with Gasteiger partial charge in [-0.1, -0.05) is 18.6 Å². The van der Waals surface area contributed by atoms with E-state index in [1.54, 1.807) is 0 Å². The molecular formula is C16H23NO2. The molecule has 1 saturated carbocycles. The van der Waals surface area contributed by atoms with Gasteiger partial charge in [0.25, 0.3) is 0 Å². The van der Waals surface area contributed by atoms with Crippen molar-refractivity contribution in [3.05, 3.63) is 29.3 Å². The van der Waals surface area contributed by atoms with Gasteiger partial charge in [0.15, 0.2) is 0 Å². The van der Waals surface area contributed by atoms with E-state index >= 15 is 0 Å². The van der Waals surface area contributed by atoms with Gasteiger partial charge >= 0.3 is 0 Å². The normalized spacial score (nSPS) is 27.1. The molecule has 19 heavy (non-hydrogen) atoms. The molecule has 1 aliphatic heterocycles. The fourth-order valence-corrected chi connectivity index (χ4v) is 3.18. The Morgan fingerprint density at radius 3 is 3.11 bits per heavy atom. The van der Waals surface area contributed by atoms with Crippen LogP contribution >= 0.6 is 0 Å². The maximum absolute atomic E-state index is 9.84. The standard InChI is InChI=1S/C16H23NO2/c1-11(17-10-14-3-2-4-15(14)18)12-5-6-16-13(9-12)7-8-19-16/h5-6,9,11,14-15,17-18H,2-4,7-8,10H2,1H3. The molecule has 1 aromatic carbocycles. The van der Waals surface area contributed by atoms with Gasteiger partial charge in [0.05, 0.1) is 12.7 Å². The van der Waals surface area contributed by atoms with E-state index < -0.39 is 0 Å². The first kappa shape index (κ1) is 12.9. The minimum atomic E-state index is -0.104. The third kappa shape index (κ3) is 2.77. The number of hydrogen-bond donors (Lipinski definition) is 2. The van der Waals surface area contributed by atoms with E-state index in [4.69, 9.17) is 4.74 Å². The Labute approximate surface area is 115 Å². The van der Waals surface area contributed by atoms with Crippen LogP contribution < -0.4 is 10.1 Å². The number of aliphatic hydroxyl groups excluding tert-OH is 1. The molecule has 1 aliphatic carbocycles. The van der Waals surface area contributed by atoms with Gasteiger partial charge in [-0.25, -0.2) is 0 Å². The summed E-state index contributed by atoms with van der Waals surface area (Å²) in [6, 6.07) is 6.82. The molecule has 0 amide bonds. The van der Waals surface area contributed by atoms with Gasteiger partial charge in [-0.2, -0.15) is 0 Å². The van der Waals surface area contributed by atoms with Gasteiger partial charge in [0.2, 0.25) is 0 Å². The van der Waals surface area contributed by atoms with E-state index in [0.717, 1.165) is 44.6 Å². The summed E-state index contributed by atoms with van der Waals surface area (Å²) in [5.41, 5.74) is 2.64. The van der Waals surface area contributed by atoms with Crippen molar-refractivity contribution in [2.75, 3.05) is 13.2 Å². The van der Waals surface area contributed by atoms with Crippen molar-refractivity contribution in [1.82, 2.24) is 5.32 Å². The molecule has 3 nitrogen and oxygen atoms in total. The Hall–Kier alpha value is -1.06. The van der Waals surface area contributed by atoms with Gasteiger partial charge in [-0.15, -0.1) is 0 Å². The molecule has 3 heteroatoms. The molecule has 0 spiro atoms. The van der Waals surface area contributed by atoms with Crippen molar-refractivity contribution in [2.45, 2.75) is 44.8 Å². The van der Waals surface area contributed by atoms with E-state index in [0.29, 0.717) is 12.0 Å². The first-order valence-electron chi connectivity index (χ1n) is 7.41. The van der Waals surface area contributed by atoms with Crippen LogP contribution in [-0.2, 0) is 6.42 Å². The quantitative estimate of drug-likeness (QED) is 0.874. The smallest absolute Gasteiger partial charge is 0.122 e. The Bertz CT molecular complexity index is 446. The monoisotopic (exact) mass is 261 g/mol. The van der Waals surface area contributed by atoms with Crippen molar-refractivity contribution >= 4 is 0 Å². The first-order chi connectivity index (χ1) is 9.24. The lowest BCUT2D eigenvalue weighted by Crippen LogP contribution is -2.29. The van der Waals surface area contributed by atoms with Crippen LogP contribution in [0.3, 0.4) is 0 Å². The third-order valence-electron chi connectivity index (χ3n) is 4.52. The maximum atomic E-state index is 9.84. The second-order valence-electron chi connectivity index (χ2n) is 5.85. The van der Waals surface area contributed by atoms with Crippen LogP contribution in [0.25, 0.3) is 0 Å². The fourth-order valence-electron chi connectivity index (χ4n) is 3.18. The lowest BCUT2D eigenvalue weighted by Gasteiger charge is -2.20. The highest BCUT2D eigenvalue weighted by Gasteiger charge is 2.25. The molecule has 0 bridgehead atoms. The van der Waals surface area contributed by atoms with Crippen LogP contribution in [0.4, 0.5) is 0 Å². The average molecular weight is 261 g/mol. The molecular weight excluding hydrogens is 238 g/mol. The summed E-state index contributed by atoms with van der Waals surface area (Å²) >= 11 is 0. The second-order valence-corrected chi connectivity index (χ2v) is 5.85. The predicted octanol–water partition coefficient (Wildman–Crippen LogP) is 2.43. The Morgan fingerprint density at radius 1 is 1.42 bits per heavy atom. The lowest BCUT2D eigenvalue weighted by atomic mass is 10.0. The Morgan fingerprint density at radius 2 is 2.32 bits per heavy atom. The molecule has 0 aromatic heterocycles. The van der Waals surface area contributed by atoms with Gasteiger partial charge in [0, 0.05) is 19.0 Å². The molecule has 1 fully saturated rings. The molecule has 3 unspecified atom stereocenters. The van der Waals surface area contributed by atoms with E-state index in [-0.39, 0.29) is 6.10 Å². The predicted molar refractivity (Wildman–Crippen MR) is 75.4 cm³/mol. The second kappa shape index (κ2) is 5.51. The number of ether oxygens (including phenoxy) is 1. The molecule has 3 rings (SSSR count). The van der Waals surface area contributed by atoms with Crippen molar-refractivity contribution < 1.29 is 9.84 Å². The maximum Gasteiger partial charge on any atom is 0.122 e. The molecule has 104 valence electrons. The highest BCUT2D eigenvalue weighted by Crippen LogP contribution is 2.29. The van der Waals surface area contributed by atoms with Crippen molar-refractivity contribution in [3.8, 4) is 5.75 Å². The summed E-state index contributed by atoms with van der Waals surface area (Å²) in [6.07, 6.45) is 4.21. The van der Waals surface area contributed by atoms with E-state index in [9.17, 15) is 5.11 Å². The minimum Gasteiger partial charge on any atom is -0.493 e. The van der Waals surface area contributed by atoms with Crippen LogP contribution in [0, 0.1) is 5.92 Å². The molecule has 1 heterocycles. The zero-order valence-corrected chi connectivity index (χ0v) is 11.6. The summed E-state index contributed by atoms with van der Waals surface area (Å²) in [4.78, 5) is 0. The first-order valence-corrected chi connectivity index (χ1v) is 7.41. The molecule has 2 N–H and O–H groups in total. The van der Waals surface area contributed by atoms with Crippen molar-refractivity contribution in [3.63, 3.8) is 0 Å². The van der Waals surface area contributed by atoms with Crippen molar-refractivity contribution in [2.24, 2.45) is 5.92 Å². The molecule has 0 saturated heterocycles. The summed E-state index contributed by atoms with van der Waals surface area (Å²) in [6.45, 7) is 3.92. The summed E-state index contributed by atoms with van der Waals surface area (Å²) in [5, 5.41) is 13.4. The summed E-state index contributed by atoms with van der Waals surface area (Å²) in [5.74, 6) is 1.47. The highest BCUT2D eigenvalue weighted by molar-refractivity contribution is 5.40. The number of fused-ring (bicyclic) bond motifs is 1. The summed E-state index contributed by atoms with van der Waals surface area (Å²) in [7, 11) is 0. The fraction of sp³-hybridized carbons (Fsp3) is 0.625. The number of benzene rings is 1. The molecule has 0 radical (unpaired) electrons. The number of rotatable bonds is 4. The highest BCUT2D eigenvalue weighted by atomic mass is 16.5. The van der Waals surface area contributed by atoms with Gasteiger partial charge < -0.3 is 15.2 Å². The molecule has 2 aliphatic rings. The van der Waals surface area contributed by atoms with Gasteiger partial charge in [-0.05, 0) is 42.9 Å². The van der Waals surface area contributed by atoms with E-state index in [2.05, 4.69) is 30.4 Å². The van der Waals surface area contributed by atoms with Crippen LogP contribution in [0.1, 0.15) is 43.4 Å². The van der Waals surface area contributed by atoms with E-state index in [1.165, 1.54) is 11.1 Å². The average Bonchev–Trinajstić information content (AvgIpc) is 3.03. The van der Waals surface area contributed by atoms with Crippen LogP contribution in [0.15, 0.2) is 18.2 Å². The number of hydrogen-bond acceptors (Lipinski definition) is 3. The zero-order chi connectivity index (χ0) is 13.2. The Kier molecular flexibility index (Phi) is 3.76. The molecule has 3 atom stereocenters. The zero-order valence-electron chi connectivity index (χ0n) is 11.6. The van der Waals surface area contributed by atoms with Gasteiger partial charge in [-0.3, -0.25) is 0 Å².